The molecule has 10 heteroatoms. The van der Waals surface area contributed by atoms with Crippen molar-refractivity contribution >= 4 is 29.2 Å². The lowest BCUT2D eigenvalue weighted by Gasteiger charge is -2.43. The van der Waals surface area contributed by atoms with Crippen molar-refractivity contribution < 1.29 is 22.7 Å². The first-order valence-corrected chi connectivity index (χ1v) is 9.04. The van der Waals surface area contributed by atoms with Gasteiger partial charge < -0.3 is 15.8 Å². The van der Waals surface area contributed by atoms with Gasteiger partial charge in [-0.15, -0.1) is 0 Å². The number of halogens is 4. The molecule has 1 unspecified atom stereocenters. The van der Waals surface area contributed by atoms with Gasteiger partial charge >= 0.3 is 6.18 Å². The molecule has 0 spiro atoms. The Hall–Kier alpha value is -2.81. The summed E-state index contributed by atoms with van der Waals surface area (Å²) in [6, 6.07) is 7.77. The second-order valence-corrected chi connectivity index (χ2v) is 7.16. The minimum atomic E-state index is -4.74. The van der Waals surface area contributed by atoms with Crippen LogP contribution >= 0.6 is 11.6 Å². The number of anilines is 1. The van der Waals surface area contributed by atoms with E-state index in [2.05, 4.69) is 15.3 Å². The van der Waals surface area contributed by atoms with Crippen molar-refractivity contribution in [3.05, 3.63) is 58.9 Å². The van der Waals surface area contributed by atoms with Crippen LogP contribution in [0.3, 0.4) is 0 Å². The van der Waals surface area contributed by atoms with Crippen molar-refractivity contribution in [1.82, 2.24) is 4.98 Å². The van der Waals surface area contributed by atoms with Crippen LogP contribution in [0.2, 0.25) is 5.02 Å². The summed E-state index contributed by atoms with van der Waals surface area (Å²) in [6.07, 6.45) is -4.26. The Morgan fingerprint density at radius 2 is 2.00 bits per heavy atom. The number of hydrogen-bond donors (Lipinski definition) is 2. The predicted molar refractivity (Wildman–Crippen MR) is 103 cm³/mol. The van der Waals surface area contributed by atoms with E-state index in [1.165, 1.54) is 56.4 Å². The van der Waals surface area contributed by atoms with Crippen molar-refractivity contribution in [3.63, 3.8) is 0 Å². The van der Waals surface area contributed by atoms with Crippen LogP contribution in [0.4, 0.5) is 18.9 Å². The van der Waals surface area contributed by atoms with Gasteiger partial charge in [-0.05, 0) is 36.8 Å². The van der Waals surface area contributed by atoms with Gasteiger partial charge in [-0.1, -0.05) is 30.7 Å². The van der Waals surface area contributed by atoms with Crippen molar-refractivity contribution in [2.24, 2.45) is 16.6 Å². The number of hydrogen-bond acceptors (Lipinski definition) is 5. The van der Waals surface area contributed by atoms with E-state index in [1.54, 1.807) is 0 Å². The number of pyridine rings is 1. The van der Waals surface area contributed by atoms with Crippen molar-refractivity contribution in [2.75, 3.05) is 5.32 Å². The zero-order valence-corrected chi connectivity index (χ0v) is 16.3. The third kappa shape index (κ3) is 3.87. The summed E-state index contributed by atoms with van der Waals surface area (Å²) in [5.74, 6) is -1.64. The molecular formula is C19H18ClF3N4O2. The lowest BCUT2D eigenvalue weighted by Crippen LogP contribution is -2.54. The van der Waals surface area contributed by atoms with E-state index in [-0.39, 0.29) is 16.9 Å². The van der Waals surface area contributed by atoms with Gasteiger partial charge in [0.2, 0.25) is 0 Å². The number of amides is 1. The maximum absolute atomic E-state index is 14.2. The molecular weight excluding hydrogens is 409 g/mol. The van der Waals surface area contributed by atoms with Crippen LogP contribution < -0.4 is 11.1 Å². The monoisotopic (exact) mass is 426 g/mol. The molecule has 29 heavy (non-hydrogen) atoms. The highest BCUT2D eigenvalue weighted by molar-refractivity contribution is 6.30. The highest BCUT2D eigenvalue weighted by atomic mass is 35.5. The molecule has 1 aromatic carbocycles. The van der Waals surface area contributed by atoms with Gasteiger partial charge in [0.25, 0.3) is 11.9 Å². The first-order valence-electron chi connectivity index (χ1n) is 8.67. The highest BCUT2D eigenvalue weighted by Crippen LogP contribution is 2.51. The summed E-state index contributed by atoms with van der Waals surface area (Å²) in [6.45, 7) is 2.90. The average Bonchev–Trinajstić information content (AvgIpc) is 2.64. The van der Waals surface area contributed by atoms with Crippen molar-refractivity contribution in [2.45, 2.75) is 31.7 Å². The Kier molecular flexibility index (Phi) is 5.44. The van der Waals surface area contributed by atoms with Crippen molar-refractivity contribution in [3.8, 4) is 0 Å². The zero-order chi connectivity index (χ0) is 21.4. The third-order valence-electron chi connectivity index (χ3n) is 4.91. The number of carbonyl (C=O) groups is 1. The van der Waals surface area contributed by atoms with Crippen molar-refractivity contribution in [1.29, 1.82) is 0 Å². The summed E-state index contributed by atoms with van der Waals surface area (Å²) in [5.41, 5.74) is 3.01. The number of aliphatic imine (C=N–C) groups is 1. The molecule has 3 rings (SSSR count). The second kappa shape index (κ2) is 7.55. The molecule has 0 aliphatic carbocycles. The number of carbonyl (C=O) groups excluding carboxylic acids is 1. The van der Waals surface area contributed by atoms with Gasteiger partial charge in [0.1, 0.15) is 11.8 Å². The van der Waals surface area contributed by atoms with Crippen LogP contribution in [0.25, 0.3) is 0 Å². The Bertz CT molecular complexity index is 949. The summed E-state index contributed by atoms with van der Waals surface area (Å²) in [7, 11) is 0. The van der Waals surface area contributed by atoms with Crippen LogP contribution in [0, 0.1) is 5.92 Å². The molecule has 2 aromatic rings. The molecule has 154 valence electrons. The average molecular weight is 427 g/mol. The van der Waals surface area contributed by atoms with E-state index in [9.17, 15) is 18.0 Å². The first kappa shape index (κ1) is 20.9. The van der Waals surface area contributed by atoms with Gasteiger partial charge in [0.15, 0.2) is 5.54 Å². The minimum absolute atomic E-state index is 0.0701. The molecule has 3 N–H and O–H groups in total. The number of ether oxygens (including phenoxy) is 1. The smallest absolute Gasteiger partial charge is 0.418 e. The normalized spacial score (nSPS) is 24.4. The Labute approximate surface area is 169 Å². The number of benzene rings is 1. The lowest BCUT2D eigenvalue weighted by molar-refractivity contribution is -0.216. The van der Waals surface area contributed by atoms with E-state index < -0.39 is 35.7 Å². The summed E-state index contributed by atoms with van der Waals surface area (Å²) in [4.78, 5) is 19.9. The maximum Gasteiger partial charge on any atom is 0.418 e. The van der Waals surface area contributed by atoms with E-state index in [1.807, 2.05) is 0 Å². The van der Waals surface area contributed by atoms with E-state index in [4.69, 9.17) is 22.1 Å². The first-order chi connectivity index (χ1) is 13.5. The van der Waals surface area contributed by atoms with Gasteiger partial charge in [-0.3, -0.25) is 4.79 Å². The third-order valence-corrected chi connectivity index (χ3v) is 5.13. The molecule has 1 aromatic heterocycles. The number of aromatic nitrogens is 1. The second-order valence-electron chi connectivity index (χ2n) is 6.72. The minimum Gasteiger partial charge on any atom is -0.462 e. The Morgan fingerprint density at radius 1 is 1.28 bits per heavy atom. The van der Waals surface area contributed by atoms with Gasteiger partial charge in [-0.2, -0.15) is 13.2 Å². The van der Waals surface area contributed by atoms with Gasteiger partial charge in [0, 0.05) is 17.8 Å². The van der Waals surface area contributed by atoms with Gasteiger partial charge in [0.05, 0.1) is 5.02 Å². The van der Waals surface area contributed by atoms with E-state index in [0.29, 0.717) is 5.02 Å². The molecule has 3 atom stereocenters. The Balaban J connectivity index is 2.01. The summed E-state index contributed by atoms with van der Waals surface area (Å²) >= 11 is 5.75. The molecule has 0 saturated carbocycles. The predicted octanol–water partition coefficient (Wildman–Crippen LogP) is 4.11. The van der Waals surface area contributed by atoms with Crippen LogP contribution in [0.15, 0.2) is 47.6 Å². The molecule has 0 saturated heterocycles. The molecule has 2 heterocycles. The highest BCUT2D eigenvalue weighted by Gasteiger charge is 2.63. The van der Waals surface area contributed by atoms with Gasteiger partial charge in [-0.25, -0.2) is 9.98 Å². The number of amidine groups is 1. The fourth-order valence-electron chi connectivity index (χ4n) is 3.29. The molecule has 0 radical (unpaired) electrons. The quantitative estimate of drug-likeness (QED) is 0.772. The van der Waals surface area contributed by atoms with Crippen LogP contribution in [0.5, 0.6) is 0 Å². The molecule has 1 aliphatic heterocycles. The number of alkyl halides is 3. The molecule has 6 nitrogen and oxygen atoms in total. The summed E-state index contributed by atoms with van der Waals surface area (Å²) < 4.78 is 47.9. The largest absolute Gasteiger partial charge is 0.462 e. The molecule has 0 bridgehead atoms. The van der Waals surface area contributed by atoms with Crippen LogP contribution in [0.1, 0.15) is 29.9 Å². The van der Waals surface area contributed by atoms with Crippen LogP contribution in [-0.2, 0) is 10.3 Å². The standard InChI is InChI=1S/C19H18ClF3N4O2/c1-10-11(2)29-17(24)27-18(10,19(21,22)23)12-4-3-5-14(8-12)26-16(28)15-7-6-13(20)9-25-15/h3-11H,1-2H3,(H2,24,27)(H,26,28)/t10-,11?,18-/m1/s1. The Morgan fingerprint density at radius 3 is 2.62 bits per heavy atom. The maximum atomic E-state index is 14.2. The number of nitrogens with one attached hydrogen (secondary N) is 1. The fraction of sp³-hybridized carbons (Fsp3) is 0.316. The SMILES string of the molecule is CC1OC(N)=N[C@](c2cccc(NC(=O)c3ccc(Cl)cn3)c2)(C(F)(F)F)[C@@H]1C. The lowest BCUT2D eigenvalue weighted by atomic mass is 9.75. The zero-order valence-electron chi connectivity index (χ0n) is 15.5. The molecule has 1 amide bonds. The van der Waals surface area contributed by atoms with E-state index in [0.717, 1.165) is 0 Å². The molecule has 1 aliphatic rings. The number of nitrogens with two attached hydrogens (primary N) is 1. The number of rotatable bonds is 3. The van der Waals surface area contributed by atoms with E-state index >= 15 is 0 Å². The summed E-state index contributed by atoms with van der Waals surface area (Å²) in [5, 5.41) is 2.90. The number of nitrogens with zero attached hydrogens (tertiary/aromatic N) is 2. The topological polar surface area (TPSA) is 89.6 Å². The molecule has 0 fully saturated rings. The van der Waals surface area contributed by atoms with Crippen LogP contribution in [-0.4, -0.2) is 29.2 Å². The fourth-order valence-corrected chi connectivity index (χ4v) is 3.40.